The molecule has 32 heavy (non-hydrogen) atoms. The summed E-state index contributed by atoms with van der Waals surface area (Å²) >= 11 is 1.48. The van der Waals surface area contributed by atoms with Crippen molar-refractivity contribution in [2.45, 2.75) is 23.6 Å². The first-order chi connectivity index (χ1) is 15.3. The number of hydrogen-bond acceptors (Lipinski definition) is 7. The number of halogens is 2. The van der Waals surface area contributed by atoms with E-state index < -0.39 is 17.2 Å². The number of hydrogen-bond donors (Lipinski definition) is 1. The third-order valence-electron chi connectivity index (χ3n) is 5.75. The maximum atomic E-state index is 14.9. The van der Waals surface area contributed by atoms with E-state index in [0.717, 1.165) is 6.42 Å². The number of nitrogens with zero attached hydrogens (tertiary/aromatic N) is 3. The summed E-state index contributed by atoms with van der Waals surface area (Å²) in [5.74, 6) is 1.54. The maximum absolute atomic E-state index is 14.9. The zero-order valence-electron chi connectivity index (χ0n) is 17.6. The van der Waals surface area contributed by atoms with Crippen LogP contribution in [0.15, 0.2) is 35.6 Å². The van der Waals surface area contributed by atoms with Crippen LogP contribution in [0.25, 0.3) is 11.9 Å². The molecule has 2 heterocycles. The summed E-state index contributed by atoms with van der Waals surface area (Å²) in [5.41, 5.74) is 6.09. The molecule has 1 aliphatic carbocycles. The highest BCUT2D eigenvalue weighted by molar-refractivity contribution is 8.15. The molecule has 0 radical (unpaired) electrons. The van der Waals surface area contributed by atoms with E-state index in [9.17, 15) is 8.78 Å². The largest absolute Gasteiger partial charge is 0.463 e. The third-order valence-corrected chi connectivity index (χ3v) is 7.02. The average molecular weight is 457 g/mol. The molecule has 6 nitrogen and oxygen atoms in total. The molecule has 1 saturated carbocycles. The normalized spacial score (nSPS) is 26.7. The first-order valence-electron chi connectivity index (χ1n) is 9.90. The van der Waals surface area contributed by atoms with Crippen LogP contribution in [0.3, 0.4) is 0 Å². The lowest BCUT2D eigenvalue weighted by Crippen LogP contribution is -2.37. The molecule has 2 aliphatic rings. The first kappa shape index (κ1) is 22.2. The fourth-order valence-corrected chi connectivity index (χ4v) is 5.65. The number of aliphatic imine (C=N–C) groups is 1. The van der Waals surface area contributed by atoms with Crippen molar-refractivity contribution in [3.05, 3.63) is 53.2 Å². The summed E-state index contributed by atoms with van der Waals surface area (Å²) in [4.78, 5) is 12.6. The standard InChI is InChI=1S/C23H22F2N4O2S/c1-4-7-31-20-12-27-18(11-28-20)17(25)9-14-5-6-16(24)15(8-14)22(2)19-10-23(19,13-30-3)32-21(26)29-22/h1,5-6,8-9,11-12,19H,7,10,13H2,2-3H3,(H2,26,29). The van der Waals surface area contributed by atoms with Crippen LogP contribution in [-0.2, 0) is 10.3 Å². The van der Waals surface area contributed by atoms with Gasteiger partial charge in [0.25, 0.3) is 0 Å². The van der Waals surface area contributed by atoms with E-state index in [1.165, 1.54) is 42.4 Å². The van der Waals surface area contributed by atoms with E-state index in [2.05, 4.69) is 20.9 Å². The van der Waals surface area contributed by atoms with E-state index in [1.807, 2.05) is 6.92 Å². The number of rotatable bonds is 7. The van der Waals surface area contributed by atoms with Gasteiger partial charge in [0, 0.05) is 18.6 Å². The fraction of sp³-hybridized carbons (Fsp3) is 0.348. The van der Waals surface area contributed by atoms with Gasteiger partial charge in [-0.25, -0.2) is 18.7 Å². The van der Waals surface area contributed by atoms with Crippen molar-refractivity contribution in [2.24, 2.45) is 16.6 Å². The van der Waals surface area contributed by atoms with Gasteiger partial charge in [-0.1, -0.05) is 23.7 Å². The topological polar surface area (TPSA) is 82.6 Å². The van der Waals surface area contributed by atoms with Crippen LogP contribution in [0.1, 0.15) is 30.2 Å². The van der Waals surface area contributed by atoms with Gasteiger partial charge in [-0.15, -0.1) is 6.42 Å². The van der Waals surface area contributed by atoms with Crippen LogP contribution in [0.4, 0.5) is 8.78 Å². The Labute approximate surface area is 189 Å². The van der Waals surface area contributed by atoms with Crippen molar-refractivity contribution in [3.63, 3.8) is 0 Å². The van der Waals surface area contributed by atoms with Crippen molar-refractivity contribution in [2.75, 3.05) is 20.3 Å². The highest BCUT2D eigenvalue weighted by atomic mass is 32.2. The first-order valence-corrected chi connectivity index (χ1v) is 10.7. The average Bonchev–Trinajstić information content (AvgIpc) is 3.49. The summed E-state index contributed by atoms with van der Waals surface area (Å²) in [7, 11) is 1.63. The minimum atomic E-state index is -0.867. The van der Waals surface area contributed by atoms with Crippen LogP contribution >= 0.6 is 11.8 Å². The molecular weight excluding hydrogens is 434 g/mol. The van der Waals surface area contributed by atoms with Crippen molar-refractivity contribution >= 4 is 28.8 Å². The molecule has 3 atom stereocenters. The summed E-state index contributed by atoms with van der Waals surface area (Å²) in [6, 6.07) is 4.42. The van der Waals surface area contributed by atoms with Crippen LogP contribution < -0.4 is 10.5 Å². The van der Waals surface area contributed by atoms with Gasteiger partial charge in [0.1, 0.15) is 11.5 Å². The molecule has 0 bridgehead atoms. The van der Waals surface area contributed by atoms with E-state index in [4.69, 9.17) is 21.6 Å². The Bertz CT molecular complexity index is 1130. The fourth-order valence-electron chi connectivity index (χ4n) is 4.20. The van der Waals surface area contributed by atoms with Gasteiger partial charge in [0.15, 0.2) is 17.6 Å². The number of fused-ring (bicyclic) bond motifs is 1. The van der Waals surface area contributed by atoms with Gasteiger partial charge < -0.3 is 15.2 Å². The van der Waals surface area contributed by atoms with Gasteiger partial charge in [-0.3, -0.25) is 4.99 Å². The molecule has 2 N–H and O–H groups in total. The Morgan fingerprint density at radius 3 is 2.91 bits per heavy atom. The summed E-state index contributed by atoms with van der Waals surface area (Å²) in [6.07, 6.45) is 9.75. The lowest BCUT2D eigenvalue weighted by Gasteiger charge is -2.34. The molecule has 9 heteroatoms. The number of ether oxygens (including phenoxy) is 2. The molecule has 2 aromatic rings. The second-order valence-corrected chi connectivity index (χ2v) is 9.35. The molecule has 0 saturated heterocycles. The quantitative estimate of drug-likeness (QED) is 0.639. The van der Waals surface area contributed by atoms with Gasteiger partial charge >= 0.3 is 0 Å². The third kappa shape index (κ3) is 4.08. The summed E-state index contributed by atoms with van der Waals surface area (Å²) < 4.78 is 40.0. The molecule has 4 rings (SSSR count). The van der Waals surface area contributed by atoms with Gasteiger partial charge in [-0.05, 0) is 37.1 Å². The highest BCUT2D eigenvalue weighted by Crippen LogP contribution is 2.65. The minimum absolute atomic E-state index is 0.0211. The van der Waals surface area contributed by atoms with E-state index in [0.29, 0.717) is 22.9 Å². The van der Waals surface area contributed by atoms with Gasteiger partial charge in [0.2, 0.25) is 5.88 Å². The lowest BCUT2D eigenvalue weighted by atomic mass is 9.85. The van der Waals surface area contributed by atoms with Gasteiger partial charge in [-0.2, -0.15) is 0 Å². The number of thioether (sulfide) groups is 1. The molecule has 1 fully saturated rings. The Morgan fingerprint density at radius 2 is 2.22 bits per heavy atom. The van der Waals surface area contributed by atoms with Gasteiger partial charge in [0.05, 0.1) is 29.3 Å². The summed E-state index contributed by atoms with van der Waals surface area (Å²) in [5, 5.41) is 0.396. The van der Waals surface area contributed by atoms with Crippen molar-refractivity contribution < 1.29 is 18.3 Å². The molecule has 3 unspecified atom stereocenters. The SMILES string of the molecule is C#CCOc1cnc(C(F)=Cc2ccc(F)c(C3(C)N=C(N)SC4(COC)CC43)c2)cn1. The zero-order chi connectivity index (χ0) is 22.9. The smallest absolute Gasteiger partial charge is 0.233 e. The molecule has 1 aromatic heterocycles. The van der Waals surface area contributed by atoms with E-state index in [1.54, 1.807) is 13.2 Å². The van der Waals surface area contributed by atoms with Crippen molar-refractivity contribution in [1.29, 1.82) is 0 Å². The number of nitrogens with two attached hydrogens (primary N) is 1. The predicted octanol–water partition coefficient (Wildman–Crippen LogP) is 3.78. The maximum Gasteiger partial charge on any atom is 0.233 e. The number of terminal acetylenes is 1. The van der Waals surface area contributed by atoms with Crippen molar-refractivity contribution in [1.82, 2.24) is 9.97 Å². The Balaban J connectivity index is 1.63. The Kier molecular flexibility index (Phi) is 5.93. The number of methoxy groups -OCH3 is 1. The van der Waals surface area contributed by atoms with Crippen LogP contribution in [0.2, 0.25) is 0 Å². The molecule has 166 valence electrons. The number of benzene rings is 1. The minimum Gasteiger partial charge on any atom is -0.463 e. The Hall–Kier alpha value is -2.96. The van der Waals surface area contributed by atoms with E-state index >= 15 is 0 Å². The van der Waals surface area contributed by atoms with Crippen LogP contribution in [-0.4, -0.2) is 40.2 Å². The second-order valence-electron chi connectivity index (χ2n) is 7.92. The Morgan fingerprint density at radius 1 is 1.41 bits per heavy atom. The predicted molar refractivity (Wildman–Crippen MR) is 121 cm³/mol. The molecule has 1 aromatic carbocycles. The molecule has 0 amide bonds. The monoisotopic (exact) mass is 456 g/mol. The summed E-state index contributed by atoms with van der Waals surface area (Å²) in [6.45, 7) is 2.41. The highest BCUT2D eigenvalue weighted by Gasteiger charge is 2.66. The number of amidine groups is 1. The second kappa shape index (κ2) is 8.52. The van der Waals surface area contributed by atoms with Crippen LogP contribution in [0, 0.1) is 24.1 Å². The molecular formula is C23H22F2N4O2S. The van der Waals surface area contributed by atoms with Crippen LogP contribution in [0.5, 0.6) is 5.88 Å². The number of aromatic nitrogens is 2. The van der Waals surface area contributed by atoms with E-state index in [-0.39, 0.29) is 28.8 Å². The molecule has 1 aliphatic heterocycles. The molecule has 0 spiro atoms. The lowest BCUT2D eigenvalue weighted by molar-refractivity contribution is 0.184. The zero-order valence-corrected chi connectivity index (χ0v) is 18.5. The van der Waals surface area contributed by atoms with Crippen molar-refractivity contribution in [3.8, 4) is 18.2 Å².